The lowest BCUT2D eigenvalue weighted by Crippen LogP contribution is -2.16. The highest BCUT2D eigenvalue weighted by Crippen LogP contribution is 2.40. The highest BCUT2D eigenvalue weighted by atomic mass is 32.1. The number of methoxy groups -OCH3 is 1. The average molecular weight is 297 g/mol. The van der Waals surface area contributed by atoms with Crippen molar-refractivity contribution in [1.29, 1.82) is 0 Å². The number of carbonyl (C=O) groups is 2. The Hall–Kier alpha value is -1.56. The summed E-state index contributed by atoms with van der Waals surface area (Å²) < 4.78 is 9.72. The van der Waals surface area contributed by atoms with Crippen molar-refractivity contribution in [3.8, 4) is 0 Å². The number of nitrogens with one attached hydrogen (secondary N) is 1. The average Bonchev–Trinajstić information content (AvgIpc) is 2.74. The number of esters is 1. The third-order valence-electron chi connectivity index (χ3n) is 3.39. The lowest BCUT2D eigenvalue weighted by atomic mass is 9.88. The molecule has 1 heterocycles. The fraction of sp³-hybridized carbons (Fsp3) is 0.571. The molecule has 0 fully saturated rings. The Morgan fingerprint density at radius 2 is 2.20 bits per heavy atom. The van der Waals surface area contributed by atoms with Gasteiger partial charge in [0.15, 0.2) is 0 Å². The molecule has 1 atom stereocenters. The van der Waals surface area contributed by atoms with Gasteiger partial charge in [0.1, 0.15) is 5.00 Å². The maximum absolute atomic E-state index is 12.0. The van der Waals surface area contributed by atoms with E-state index in [2.05, 4.69) is 12.2 Å². The maximum Gasteiger partial charge on any atom is 0.412 e. The quantitative estimate of drug-likeness (QED) is 0.870. The summed E-state index contributed by atoms with van der Waals surface area (Å²) in [5, 5.41) is 3.19. The molecule has 1 unspecified atom stereocenters. The molecule has 0 spiro atoms. The van der Waals surface area contributed by atoms with Crippen LogP contribution in [0.5, 0.6) is 0 Å². The Morgan fingerprint density at radius 3 is 2.85 bits per heavy atom. The van der Waals surface area contributed by atoms with Crippen LogP contribution >= 0.6 is 11.3 Å². The summed E-state index contributed by atoms with van der Waals surface area (Å²) in [6.07, 6.45) is 2.30. The number of thiophene rings is 1. The predicted octanol–water partition coefficient (Wildman–Crippen LogP) is 3.23. The number of ether oxygens (including phenoxy) is 2. The van der Waals surface area contributed by atoms with E-state index in [1.165, 1.54) is 18.4 Å². The van der Waals surface area contributed by atoms with Crippen molar-refractivity contribution in [2.75, 3.05) is 19.0 Å². The summed E-state index contributed by atoms with van der Waals surface area (Å²) in [6.45, 7) is 4.22. The fourth-order valence-electron chi connectivity index (χ4n) is 2.42. The molecule has 20 heavy (non-hydrogen) atoms. The van der Waals surface area contributed by atoms with Gasteiger partial charge in [0.05, 0.1) is 19.3 Å². The zero-order valence-electron chi connectivity index (χ0n) is 11.9. The summed E-state index contributed by atoms with van der Waals surface area (Å²) >= 11 is 1.45. The smallest absolute Gasteiger partial charge is 0.412 e. The fourth-order valence-corrected chi connectivity index (χ4v) is 3.80. The molecule has 0 bridgehead atoms. The second-order valence-electron chi connectivity index (χ2n) is 4.89. The van der Waals surface area contributed by atoms with Gasteiger partial charge >= 0.3 is 12.1 Å². The van der Waals surface area contributed by atoms with Gasteiger partial charge in [-0.2, -0.15) is 0 Å². The first-order valence-electron chi connectivity index (χ1n) is 6.73. The lowest BCUT2D eigenvalue weighted by molar-refractivity contribution is 0.0601. The van der Waals surface area contributed by atoms with Crippen molar-refractivity contribution in [1.82, 2.24) is 0 Å². The molecule has 0 aromatic carbocycles. The Morgan fingerprint density at radius 1 is 1.45 bits per heavy atom. The molecule has 0 aliphatic heterocycles. The molecule has 2 rings (SSSR count). The number of hydrogen-bond acceptors (Lipinski definition) is 5. The molecule has 1 aromatic rings. The highest BCUT2D eigenvalue weighted by Gasteiger charge is 2.28. The van der Waals surface area contributed by atoms with E-state index in [0.717, 1.165) is 29.7 Å². The normalized spacial score (nSPS) is 17.2. The first-order valence-corrected chi connectivity index (χ1v) is 7.55. The summed E-state index contributed by atoms with van der Waals surface area (Å²) in [4.78, 5) is 24.7. The molecule has 1 aliphatic carbocycles. The van der Waals surface area contributed by atoms with Crippen LogP contribution in [0.15, 0.2) is 0 Å². The van der Waals surface area contributed by atoms with E-state index in [-0.39, 0.29) is 0 Å². The van der Waals surface area contributed by atoms with Crippen LogP contribution in [0.2, 0.25) is 0 Å². The zero-order valence-corrected chi connectivity index (χ0v) is 12.8. The van der Waals surface area contributed by atoms with Crippen molar-refractivity contribution in [2.45, 2.75) is 33.1 Å². The van der Waals surface area contributed by atoms with Gasteiger partial charge in [-0.3, -0.25) is 5.32 Å². The minimum Gasteiger partial charge on any atom is -0.465 e. The van der Waals surface area contributed by atoms with Crippen LogP contribution in [0.4, 0.5) is 9.80 Å². The van der Waals surface area contributed by atoms with Crippen LogP contribution in [0.1, 0.15) is 41.1 Å². The van der Waals surface area contributed by atoms with Crippen molar-refractivity contribution in [3.05, 3.63) is 16.0 Å². The summed E-state index contributed by atoms with van der Waals surface area (Å²) in [6, 6.07) is 0. The number of anilines is 1. The molecule has 0 radical (unpaired) electrons. The maximum atomic E-state index is 12.0. The van der Waals surface area contributed by atoms with Crippen LogP contribution in [0, 0.1) is 5.92 Å². The second-order valence-corrected chi connectivity index (χ2v) is 6.00. The number of fused-ring (bicyclic) bond motifs is 1. The van der Waals surface area contributed by atoms with E-state index in [9.17, 15) is 9.59 Å². The molecule has 5 nitrogen and oxygen atoms in total. The van der Waals surface area contributed by atoms with Crippen molar-refractivity contribution in [2.24, 2.45) is 5.92 Å². The first-order chi connectivity index (χ1) is 9.56. The Bertz CT molecular complexity index is 523. The summed E-state index contributed by atoms with van der Waals surface area (Å²) in [5.74, 6) is 0.200. The largest absolute Gasteiger partial charge is 0.465 e. The van der Waals surface area contributed by atoms with E-state index >= 15 is 0 Å². The lowest BCUT2D eigenvalue weighted by Gasteiger charge is -2.18. The van der Waals surface area contributed by atoms with Crippen LogP contribution in [0.25, 0.3) is 0 Å². The molecule has 1 N–H and O–H groups in total. The Labute approximate surface area is 122 Å². The number of carbonyl (C=O) groups excluding carboxylic acids is 2. The van der Waals surface area contributed by atoms with Crippen LogP contribution in [-0.2, 0) is 22.3 Å². The summed E-state index contributed by atoms with van der Waals surface area (Å²) in [5.41, 5.74) is 1.51. The minimum absolute atomic E-state index is 0.293. The third kappa shape index (κ3) is 2.95. The third-order valence-corrected chi connectivity index (χ3v) is 4.56. The number of rotatable bonds is 3. The van der Waals surface area contributed by atoms with Gasteiger partial charge in [0, 0.05) is 4.88 Å². The van der Waals surface area contributed by atoms with Crippen molar-refractivity contribution >= 4 is 28.4 Å². The van der Waals surface area contributed by atoms with E-state index in [1.807, 2.05) is 0 Å². The number of amides is 1. The molecule has 110 valence electrons. The molecular formula is C14H19NO4S. The molecule has 6 heteroatoms. The summed E-state index contributed by atoms with van der Waals surface area (Å²) in [7, 11) is 1.35. The first kappa shape index (κ1) is 14.8. The van der Waals surface area contributed by atoms with Gasteiger partial charge in [-0.1, -0.05) is 6.92 Å². The Kier molecular flexibility index (Phi) is 4.65. The number of hydrogen-bond donors (Lipinski definition) is 1. The van der Waals surface area contributed by atoms with Gasteiger partial charge in [-0.25, -0.2) is 9.59 Å². The highest BCUT2D eigenvalue weighted by molar-refractivity contribution is 7.17. The van der Waals surface area contributed by atoms with Crippen molar-refractivity contribution in [3.63, 3.8) is 0 Å². The van der Waals surface area contributed by atoms with E-state index in [4.69, 9.17) is 9.47 Å². The molecule has 0 saturated heterocycles. The predicted molar refractivity (Wildman–Crippen MR) is 77.5 cm³/mol. The van der Waals surface area contributed by atoms with Gasteiger partial charge in [0.2, 0.25) is 0 Å². The second kappa shape index (κ2) is 6.26. The van der Waals surface area contributed by atoms with E-state index in [0.29, 0.717) is 23.1 Å². The molecular weight excluding hydrogens is 278 g/mol. The van der Waals surface area contributed by atoms with Crippen LogP contribution in [-0.4, -0.2) is 25.8 Å². The van der Waals surface area contributed by atoms with Crippen LogP contribution in [0.3, 0.4) is 0 Å². The van der Waals surface area contributed by atoms with Gasteiger partial charge in [0.25, 0.3) is 0 Å². The molecule has 1 aromatic heterocycles. The van der Waals surface area contributed by atoms with E-state index < -0.39 is 12.1 Å². The molecule has 1 aliphatic rings. The molecule has 0 saturated carbocycles. The zero-order chi connectivity index (χ0) is 14.7. The monoisotopic (exact) mass is 297 g/mol. The minimum atomic E-state index is -0.538. The van der Waals surface area contributed by atoms with Crippen LogP contribution < -0.4 is 5.32 Å². The van der Waals surface area contributed by atoms with Crippen molar-refractivity contribution < 1.29 is 19.1 Å². The Balaban J connectivity index is 2.35. The SMILES string of the molecule is CCOC(=O)Nc1sc2c(c1C(=O)OC)CCC(C)C2. The standard InChI is InChI=1S/C14H19NO4S/c1-4-19-14(17)15-12-11(13(16)18-3)9-6-5-8(2)7-10(9)20-12/h8H,4-7H2,1-3H3,(H,15,17). The topological polar surface area (TPSA) is 64.6 Å². The van der Waals surface area contributed by atoms with Gasteiger partial charge in [-0.15, -0.1) is 11.3 Å². The molecule has 1 amide bonds. The van der Waals surface area contributed by atoms with E-state index in [1.54, 1.807) is 6.92 Å². The van der Waals surface area contributed by atoms with Gasteiger partial charge in [-0.05, 0) is 37.7 Å². The van der Waals surface area contributed by atoms with Gasteiger partial charge < -0.3 is 9.47 Å².